The maximum Gasteiger partial charge on any atom is 0.349 e. The Morgan fingerprint density at radius 1 is 1.32 bits per heavy atom. The number of thioether (sulfide) groups is 1. The van der Waals surface area contributed by atoms with Crippen LogP contribution in [0.25, 0.3) is 5.57 Å². The molecule has 0 radical (unpaired) electrons. The number of hydrogen-bond acceptors (Lipinski definition) is 5. The predicted octanol–water partition coefficient (Wildman–Crippen LogP) is 2.74. The van der Waals surface area contributed by atoms with Gasteiger partial charge in [0, 0.05) is 5.75 Å². The Morgan fingerprint density at radius 3 is 2.53 bits per heavy atom. The lowest BCUT2D eigenvalue weighted by Gasteiger charge is -2.08. The summed E-state index contributed by atoms with van der Waals surface area (Å²) in [6.45, 7) is 1.89. The summed E-state index contributed by atoms with van der Waals surface area (Å²) in [4.78, 5) is 11.8. The van der Waals surface area contributed by atoms with Crippen LogP contribution in [0.4, 0.5) is 0 Å². The van der Waals surface area contributed by atoms with E-state index in [4.69, 9.17) is 15.3 Å². The van der Waals surface area contributed by atoms with Crippen molar-refractivity contribution in [2.75, 3.05) is 12.4 Å². The van der Waals surface area contributed by atoms with Crippen molar-refractivity contribution in [3.63, 3.8) is 0 Å². The highest BCUT2D eigenvalue weighted by molar-refractivity contribution is 8.04. The topological polar surface area (TPSA) is 73.9 Å². The zero-order valence-corrected chi connectivity index (χ0v) is 11.2. The molecule has 0 saturated heterocycles. The number of benzene rings is 1. The number of thiocyanates is 1. The molecule has 0 aliphatic rings. The van der Waals surface area contributed by atoms with Crippen molar-refractivity contribution in [1.82, 2.24) is 0 Å². The van der Waals surface area contributed by atoms with Gasteiger partial charge in [0.05, 0.1) is 6.61 Å². The maximum absolute atomic E-state index is 11.8. The van der Waals surface area contributed by atoms with E-state index < -0.39 is 5.97 Å². The molecular formula is C14H12N2O2S. The second-order valence-corrected chi connectivity index (χ2v) is 4.19. The van der Waals surface area contributed by atoms with Crippen LogP contribution in [0.1, 0.15) is 12.5 Å². The van der Waals surface area contributed by atoms with E-state index in [0.29, 0.717) is 5.57 Å². The molecule has 0 aromatic heterocycles. The van der Waals surface area contributed by atoms with Crippen LogP contribution >= 0.6 is 11.8 Å². The first-order valence-electron chi connectivity index (χ1n) is 5.61. The van der Waals surface area contributed by atoms with E-state index in [9.17, 15) is 4.79 Å². The lowest BCUT2D eigenvalue weighted by Crippen LogP contribution is -2.09. The van der Waals surface area contributed by atoms with Gasteiger partial charge in [0.25, 0.3) is 0 Å². The number of rotatable bonds is 5. The number of hydrogen-bond donors (Lipinski definition) is 0. The lowest BCUT2D eigenvalue weighted by atomic mass is 10.0. The van der Waals surface area contributed by atoms with Crippen LogP contribution in [0.2, 0.25) is 0 Å². The van der Waals surface area contributed by atoms with Crippen LogP contribution in [-0.2, 0) is 9.53 Å². The monoisotopic (exact) mass is 272 g/mol. The van der Waals surface area contributed by atoms with Gasteiger partial charge in [-0.2, -0.15) is 10.5 Å². The fourth-order valence-corrected chi connectivity index (χ4v) is 2.00. The highest BCUT2D eigenvalue weighted by Gasteiger charge is 2.17. The normalized spacial score (nSPS) is 10.9. The molecule has 0 aliphatic carbocycles. The highest BCUT2D eigenvalue weighted by atomic mass is 32.2. The fourth-order valence-electron chi connectivity index (χ4n) is 1.48. The summed E-state index contributed by atoms with van der Waals surface area (Å²) in [5.41, 5.74) is 1.22. The van der Waals surface area contributed by atoms with Crippen LogP contribution in [0.5, 0.6) is 0 Å². The molecule has 0 atom stereocenters. The van der Waals surface area contributed by atoms with Gasteiger partial charge in [-0.15, -0.1) is 0 Å². The maximum atomic E-state index is 11.8. The Kier molecular flexibility index (Phi) is 6.21. The zero-order valence-electron chi connectivity index (χ0n) is 10.4. The van der Waals surface area contributed by atoms with Crippen LogP contribution < -0.4 is 0 Å². The number of ether oxygens (including phenoxy) is 1. The molecule has 0 bridgehead atoms. The van der Waals surface area contributed by atoms with Gasteiger partial charge in [0.2, 0.25) is 0 Å². The number of carbonyl (C=O) groups is 1. The standard InChI is InChI=1S/C14H12N2O2S/c1-2-18-14(17)12(8-15)13(9-19-10-16)11-6-4-3-5-7-11/h3-7H,2,9H2,1H3. The molecule has 1 aromatic rings. The first-order chi connectivity index (χ1) is 9.24. The van der Waals surface area contributed by atoms with E-state index in [2.05, 4.69) is 0 Å². The SMILES string of the molecule is CCOC(=O)C(C#N)=C(CSC#N)c1ccccc1. The summed E-state index contributed by atoms with van der Waals surface area (Å²) in [7, 11) is 0. The van der Waals surface area contributed by atoms with Crippen molar-refractivity contribution in [3.8, 4) is 11.5 Å². The van der Waals surface area contributed by atoms with Gasteiger partial charge in [-0.05, 0) is 29.8 Å². The average Bonchev–Trinajstić information content (AvgIpc) is 2.44. The second kappa shape index (κ2) is 7.97. The third-order valence-electron chi connectivity index (χ3n) is 2.30. The number of nitrogens with zero attached hydrogens (tertiary/aromatic N) is 2. The molecule has 0 heterocycles. The molecular weight excluding hydrogens is 260 g/mol. The Hall–Kier alpha value is -2.24. The fraction of sp³-hybridized carbons (Fsp3) is 0.214. The lowest BCUT2D eigenvalue weighted by molar-refractivity contribution is -0.137. The molecule has 0 unspecified atom stereocenters. The zero-order chi connectivity index (χ0) is 14.1. The second-order valence-electron chi connectivity index (χ2n) is 3.43. The van der Waals surface area contributed by atoms with Crippen molar-refractivity contribution in [3.05, 3.63) is 41.5 Å². The summed E-state index contributed by atoms with van der Waals surface area (Å²) in [5, 5.41) is 19.7. The van der Waals surface area contributed by atoms with Crippen molar-refractivity contribution in [2.45, 2.75) is 6.92 Å². The van der Waals surface area contributed by atoms with Gasteiger partial charge in [-0.3, -0.25) is 0 Å². The molecule has 4 nitrogen and oxygen atoms in total. The van der Waals surface area contributed by atoms with Gasteiger partial charge in [0.1, 0.15) is 17.0 Å². The molecule has 0 fully saturated rings. The first kappa shape index (κ1) is 14.8. The van der Waals surface area contributed by atoms with Crippen LogP contribution in [0.3, 0.4) is 0 Å². The van der Waals surface area contributed by atoms with Crippen molar-refractivity contribution in [2.24, 2.45) is 0 Å². The molecule has 19 heavy (non-hydrogen) atoms. The summed E-state index contributed by atoms with van der Waals surface area (Å²) < 4.78 is 4.87. The molecule has 0 amide bonds. The molecule has 1 aromatic carbocycles. The Morgan fingerprint density at radius 2 is 2.00 bits per heavy atom. The van der Waals surface area contributed by atoms with E-state index in [1.165, 1.54) is 0 Å². The van der Waals surface area contributed by atoms with E-state index >= 15 is 0 Å². The minimum absolute atomic E-state index is 0.0456. The summed E-state index contributed by atoms with van der Waals surface area (Å²) in [5.74, 6) is -0.384. The average molecular weight is 272 g/mol. The molecule has 96 valence electrons. The van der Waals surface area contributed by atoms with Crippen molar-refractivity contribution < 1.29 is 9.53 Å². The predicted molar refractivity (Wildman–Crippen MR) is 73.7 cm³/mol. The number of carbonyl (C=O) groups excluding carboxylic acids is 1. The molecule has 0 spiro atoms. The summed E-state index contributed by atoms with van der Waals surface area (Å²) in [6.07, 6.45) is 0. The summed E-state index contributed by atoms with van der Waals surface area (Å²) in [6, 6.07) is 10.9. The number of esters is 1. The van der Waals surface area contributed by atoms with Gasteiger partial charge in [-0.25, -0.2) is 4.79 Å². The Balaban J connectivity index is 3.25. The van der Waals surface area contributed by atoms with Crippen LogP contribution in [0.15, 0.2) is 35.9 Å². The van der Waals surface area contributed by atoms with Gasteiger partial charge < -0.3 is 4.74 Å². The quantitative estimate of drug-likeness (QED) is 0.356. The van der Waals surface area contributed by atoms with E-state index in [-0.39, 0.29) is 17.9 Å². The van der Waals surface area contributed by atoms with E-state index in [1.807, 2.05) is 29.7 Å². The summed E-state index contributed by atoms with van der Waals surface area (Å²) >= 11 is 0.979. The smallest absolute Gasteiger partial charge is 0.349 e. The first-order valence-corrected chi connectivity index (χ1v) is 6.59. The minimum Gasteiger partial charge on any atom is -0.462 e. The molecule has 0 N–H and O–H groups in total. The van der Waals surface area contributed by atoms with Gasteiger partial charge >= 0.3 is 5.97 Å². The van der Waals surface area contributed by atoms with E-state index in [0.717, 1.165) is 17.3 Å². The van der Waals surface area contributed by atoms with Gasteiger partial charge in [0.15, 0.2) is 0 Å². The Labute approximate surface area is 116 Å². The van der Waals surface area contributed by atoms with Crippen LogP contribution in [0, 0.1) is 22.0 Å². The molecule has 0 saturated carbocycles. The Bertz CT molecular complexity index is 553. The molecule has 5 heteroatoms. The third-order valence-corrected chi connectivity index (χ3v) is 2.86. The van der Waals surface area contributed by atoms with Crippen LogP contribution in [-0.4, -0.2) is 18.3 Å². The van der Waals surface area contributed by atoms with Crippen molar-refractivity contribution in [1.29, 1.82) is 10.5 Å². The van der Waals surface area contributed by atoms with E-state index in [1.54, 1.807) is 19.1 Å². The number of nitriles is 2. The molecule has 1 rings (SSSR count). The largest absolute Gasteiger partial charge is 0.462 e. The minimum atomic E-state index is -0.651. The van der Waals surface area contributed by atoms with Crippen molar-refractivity contribution >= 4 is 23.3 Å². The third kappa shape index (κ3) is 4.17. The highest BCUT2D eigenvalue weighted by Crippen LogP contribution is 2.23. The van der Waals surface area contributed by atoms with Gasteiger partial charge in [-0.1, -0.05) is 30.3 Å². The molecule has 0 aliphatic heterocycles.